The number of nitrogens with one attached hydrogen (secondary N) is 2. The second-order valence-corrected chi connectivity index (χ2v) is 7.93. The van der Waals surface area contributed by atoms with Crippen LogP contribution in [-0.2, 0) is 4.79 Å². The van der Waals surface area contributed by atoms with Gasteiger partial charge in [0.2, 0.25) is 5.91 Å². The third-order valence-electron chi connectivity index (χ3n) is 5.82. The summed E-state index contributed by atoms with van der Waals surface area (Å²) >= 11 is 0. The Morgan fingerprint density at radius 1 is 1.28 bits per heavy atom. The fourth-order valence-corrected chi connectivity index (χ4v) is 4.51. The number of hydrogen-bond donors (Lipinski definition) is 2. The van der Waals surface area contributed by atoms with Crippen molar-refractivity contribution in [2.24, 2.45) is 17.8 Å². The second-order valence-electron chi connectivity index (χ2n) is 7.93. The lowest BCUT2D eigenvalue weighted by atomic mass is 9.86. The molecule has 3 unspecified atom stereocenters. The predicted molar refractivity (Wildman–Crippen MR) is 98.1 cm³/mol. The summed E-state index contributed by atoms with van der Waals surface area (Å²) < 4.78 is 0. The normalized spacial score (nSPS) is 24.8. The van der Waals surface area contributed by atoms with Crippen LogP contribution in [0.4, 0.5) is 5.69 Å². The molecule has 3 atom stereocenters. The standard InChI is InChI=1S/C20H26N4O/c1-12(2)19-22-20(24-23-19)16-5-3-4-6-17(16)21-18(25)11-15-10-13-7-8-14(15)9-13/h3-6,12-15H,7-11H2,1-2H3,(H,21,25)(H,22,23,24). The zero-order valence-corrected chi connectivity index (χ0v) is 15.0. The average molecular weight is 338 g/mol. The number of anilines is 1. The SMILES string of the molecule is CC(C)c1nc(-c2ccccc2NC(=O)CC2CC3CCC2C3)n[nH]1. The van der Waals surface area contributed by atoms with Gasteiger partial charge in [-0.25, -0.2) is 4.98 Å². The van der Waals surface area contributed by atoms with Crippen LogP contribution in [0.1, 0.15) is 57.7 Å². The van der Waals surface area contributed by atoms with Gasteiger partial charge >= 0.3 is 0 Å². The second kappa shape index (κ2) is 6.62. The molecule has 5 nitrogen and oxygen atoms in total. The summed E-state index contributed by atoms with van der Waals surface area (Å²) in [6.07, 6.45) is 5.89. The Kier molecular flexibility index (Phi) is 4.32. The van der Waals surface area contributed by atoms with Crippen molar-refractivity contribution in [3.8, 4) is 11.4 Å². The first-order valence-electron chi connectivity index (χ1n) is 9.41. The monoisotopic (exact) mass is 338 g/mol. The molecule has 2 aliphatic rings. The van der Waals surface area contributed by atoms with Gasteiger partial charge in [-0.2, -0.15) is 5.10 Å². The van der Waals surface area contributed by atoms with Crippen LogP contribution in [-0.4, -0.2) is 21.1 Å². The molecule has 0 radical (unpaired) electrons. The molecule has 0 spiro atoms. The van der Waals surface area contributed by atoms with Crippen LogP contribution in [0.15, 0.2) is 24.3 Å². The molecule has 0 aliphatic heterocycles. The highest BCUT2D eigenvalue weighted by Crippen LogP contribution is 2.49. The molecular weight excluding hydrogens is 312 g/mol. The van der Waals surface area contributed by atoms with Crippen molar-refractivity contribution in [2.45, 2.75) is 51.9 Å². The molecular formula is C20H26N4O. The van der Waals surface area contributed by atoms with Crippen LogP contribution >= 0.6 is 0 Å². The summed E-state index contributed by atoms with van der Waals surface area (Å²) in [5.74, 6) is 4.12. The van der Waals surface area contributed by atoms with Crippen LogP contribution in [0.5, 0.6) is 0 Å². The largest absolute Gasteiger partial charge is 0.325 e. The zero-order chi connectivity index (χ0) is 17.4. The Morgan fingerprint density at radius 3 is 2.80 bits per heavy atom. The number of hydrogen-bond acceptors (Lipinski definition) is 3. The third-order valence-corrected chi connectivity index (χ3v) is 5.82. The first-order valence-corrected chi connectivity index (χ1v) is 9.41. The molecule has 2 aliphatic carbocycles. The molecule has 25 heavy (non-hydrogen) atoms. The van der Waals surface area contributed by atoms with Gasteiger partial charge in [0.05, 0.1) is 5.69 Å². The lowest BCUT2D eigenvalue weighted by Gasteiger charge is -2.21. The number of benzene rings is 1. The molecule has 1 amide bonds. The van der Waals surface area contributed by atoms with Gasteiger partial charge in [0, 0.05) is 17.9 Å². The Balaban J connectivity index is 1.47. The van der Waals surface area contributed by atoms with Crippen LogP contribution in [0.2, 0.25) is 0 Å². The van der Waals surface area contributed by atoms with Crippen molar-refractivity contribution in [3.05, 3.63) is 30.1 Å². The highest BCUT2D eigenvalue weighted by molar-refractivity contribution is 5.94. The fourth-order valence-electron chi connectivity index (χ4n) is 4.51. The number of carbonyl (C=O) groups is 1. The van der Waals surface area contributed by atoms with Crippen molar-refractivity contribution in [3.63, 3.8) is 0 Å². The van der Waals surface area contributed by atoms with Crippen molar-refractivity contribution in [1.82, 2.24) is 15.2 Å². The van der Waals surface area contributed by atoms with E-state index in [4.69, 9.17) is 0 Å². The van der Waals surface area contributed by atoms with Crippen LogP contribution < -0.4 is 5.32 Å². The zero-order valence-electron chi connectivity index (χ0n) is 15.0. The minimum Gasteiger partial charge on any atom is -0.325 e. The Labute approximate surface area is 148 Å². The van der Waals surface area contributed by atoms with E-state index in [9.17, 15) is 4.79 Å². The Hall–Kier alpha value is -2.17. The van der Waals surface area contributed by atoms with Gasteiger partial charge in [-0.15, -0.1) is 0 Å². The maximum absolute atomic E-state index is 12.6. The maximum atomic E-state index is 12.6. The first-order chi connectivity index (χ1) is 12.1. The molecule has 5 heteroatoms. The molecule has 132 valence electrons. The van der Waals surface area contributed by atoms with Crippen molar-refractivity contribution in [2.75, 3.05) is 5.32 Å². The van der Waals surface area contributed by atoms with E-state index in [1.54, 1.807) is 0 Å². The number of carbonyl (C=O) groups excluding carboxylic acids is 1. The van der Waals surface area contributed by atoms with E-state index >= 15 is 0 Å². The van der Waals surface area contributed by atoms with Gasteiger partial charge in [-0.3, -0.25) is 9.89 Å². The van der Waals surface area contributed by atoms with Gasteiger partial charge < -0.3 is 5.32 Å². The third kappa shape index (κ3) is 3.32. The quantitative estimate of drug-likeness (QED) is 0.851. The maximum Gasteiger partial charge on any atom is 0.224 e. The number of rotatable bonds is 5. The smallest absolute Gasteiger partial charge is 0.224 e. The van der Waals surface area contributed by atoms with Crippen molar-refractivity contribution in [1.29, 1.82) is 0 Å². The van der Waals surface area contributed by atoms with Gasteiger partial charge in [0.1, 0.15) is 5.82 Å². The number of aromatic amines is 1. The number of aromatic nitrogens is 3. The van der Waals surface area contributed by atoms with Crippen LogP contribution in [0.25, 0.3) is 11.4 Å². The van der Waals surface area contributed by atoms with E-state index in [2.05, 4.69) is 34.3 Å². The fraction of sp³-hybridized carbons (Fsp3) is 0.550. The number of fused-ring (bicyclic) bond motifs is 2. The summed E-state index contributed by atoms with van der Waals surface area (Å²) in [6, 6.07) is 7.78. The van der Waals surface area contributed by atoms with E-state index < -0.39 is 0 Å². The molecule has 1 aromatic carbocycles. The summed E-state index contributed by atoms with van der Waals surface area (Å²) in [6.45, 7) is 4.15. The molecule has 4 rings (SSSR count). The Morgan fingerprint density at radius 2 is 2.12 bits per heavy atom. The summed E-state index contributed by atoms with van der Waals surface area (Å²) in [4.78, 5) is 17.1. The lowest BCUT2D eigenvalue weighted by Crippen LogP contribution is -2.20. The van der Waals surface area contributed by atoms with Gasteiger partial charge in [-0.1, -0.05) is 32.4 Å². The van der Waals surface area contributed by atoms with Gasteiger partial charge in [-0.05, 0) is 49.1 Å². The first kappa shape index (κ1) is 16.3. The number of para-hydroxylation sites is 1. The summed E-state index contributed by atoms with van der Waals surface area (Å²) in [5.41, 5.74) is 1.66. The minimum absolute atomic E-state index is 0.115. The summed E-state index contributed by atoms with van der Waals surface area (Å²) in [7, 11) is 0. The van der Waals surface area contributed by atoms with Crippen LogP contribution in [0.3, 0.4) is 0 Å². The number of nitrogens with zero attached hydrogens (tertiary/aromatic N) is 2. The molecule has 2 N–H and O–H groups in total. The van der Waals surface area contributed by atoms with Gasteiger partial charge in [0.15, 0.2) is 5.82 Å². The van der Waals surface area contributed by atoms with Gasteiger partial charge in [0.25, 0.3) is 0 Å². The van der Waals surface area contributed by atoms with Crippen molar-refractivity contribution >= 4 is 11.6 Å². The van der Waals surface area contributed by atoms with E-state index in [-0.39, 0.29) is 5.91 Å². The highest BCUT2D eigenvalue weighted by Gasteiger charge is 2.40. The number of H-pyrrole nitrogens is 1. The molecule has 2 saturated carbocycles. The van der Waals surface area contributed by atoms with E-state index in [1.165, 1.54) is 25.7 Å². The van der Waals surface area contributed by atoms with Crippen LogP contribution in [0, 0.1) is 17.8 Å². The molecule has 2 fully saturated rings. The molecule has 0 saturated heterocycles. The van der Waals surface area contributed by atoms with Crippen molar-refractivity contribution < 1.29 is 4.79 Å². The topological polar surface area (TPSA) is 70.7 Å². The molecule has 2 aromatic rings. The minimum atomic E-state index is 0.115. The average Bonchev–Trinajstić information content (AvgIpc) is 3.31. The number of amides is 1. The summed E-state index contributed by atoms with van der Waals surface area (Å²) in [5, 5.41) is 10.4. The molecule has 2 bridgehead atoms. The Bertz CT molecular complexity index is 767. The highest BCUT2D eigenvalue weighted by atomic mass is 16.1. The predicted octanol–water partition coefficient (Wildman–Crippen LogP) is 4.36. The van der Waals surface area contributed by atoms with E-state index in [0.717, 1.165) is 28.9 Å². The molecule has 1 heterocycles. The molecule has 1 aromatic heterocycles. The van der Waals surface area contributed by atoms with E-state index in [1.807, 2.05) is 24.3 Å². The lowest BCUT2D eigenvalue weighted by molar-refractivity contribution is -0.117. The van der Waals surface area contributed by atoms with E-state index in [0.29, 0.717) is 24.1 Å².